The lowest BCUT2D eigenvalue weighted by Gasteiger charge is -2.18. The molecular formula is C15H22O3. The molecule has 1 rings (SSSR count). The monoisotopic (exact) mass is 250 g/mol. The normalized spacial score (nSPS) is 13.8. The fourth-order valence-electron chi connectivity index (χ4n) is 1.76. The number of carbonyl (C=O) groups excluding carboxylic acids is 1. The molecule has 0 amide bonds. The second kappa shape index (κ2) is 7.04. The number of benzene rings is 1. The van der Waals surface area contributed by atoms with E-state index in [2.05, 4.69) is 19.9 Å². The highest BCUT2D eigenvalue weighted by atomic mass is 16.6. The average Bonchev–Trinajstić information content (AvgIpc) is 2.35. The summed E-state index contributed by atoms with van der Waals surface area (Å²) in [6, 6.07) is 8.02. The highest BCUT2D eigenvalue weighted by Gasteiger charge is 2.11. The molecule has 0 spiro atoms. The number of carbonyl (C=O) groups is 1. The van der Waals surface area contributed by atoms with Crippen LogP contribution in [0.1, 0.15) is 45.6 Å². The van der Waals surface area contributed by atoms with Crippen molar-refractivity contribution in [2.45, 2.75) is 46.1 Å². The quantitative estimate of drug-likeness (QED) is 0.724. The van der Waals surface area contributed by atoms with Gasteiger partial charge in [0.05, 0.1) is 0 Å². The molecule has 0 aliphatic heterocycles. The lowest BCUT2D eigenvalue weighted by atomic mass is 9.98. The molecular weight excluding hydrogens is 228 g/mol. The topological polar surface area (TPSA) is 35.5 Å². The van der Waals surface area contributed by atoms with Crippen molar-refractivity contribution in [3.05, 3.63) is 29.8 Å². The summed E-state index contributed by atoms with van der Waals surface area (Å²) in [6.45, 7) is 7.95. The molecule has 18 heavy (non-hydrogen) atoms. The Kier molecular flexibility index (Phi) is 5.69. The predicted octanol–water partition coefficient (Wildman–Crippen LogP) is 3.53. The van der Waals surface area contributed by atoms with Crippen LogP contribution in [0.25, 0.3) is 0 Å². The van der Waals surface area contributed by atoms with Gasteiger partial charge < -0.3 is 9.47 Å². The van der Waals surface area contributed by atoms with Crippen molar-refractivity contribution in [2.24, 2.45) is 0 Å². The Morgan fingerprint density at radius 3 is 2.56 bits per heavy atom. The van der Waals surface area contributed by atoms with E-state index in [0.717, 1.165) is 12.2 Å². The van der Waals surface area contributed by atoms with Crippen LogP contribution >= 0.6 is 0 Å². The molecule has 0 bridgehead atoms. The van der Waals surface area contributed by atoms with E-state index in [0.29, 0.717) is 12.5 Å². The standard InChI is InChI=1S/C15H22O3/c1-5-11(2)14-8-6-7-9-15(14)17-10-12(3)18-13(4)16/h6-9,11-12H,5,10H2,1-4H3/t11-,12+/m0/s1. The van der Waals surface area contributed by atoms with Crippen molar-refractivity contribution in [3.8, 4) is 5.75 Å². The first-order valence-electron chi connectivity index (χ1n) is 6.43. The van der Waals surface area contributed by atoms with E-state index in [1.807, 2.05) is 25.1 Å². The number of esters is 1. The summed E-state index contributed by atoms with van der Waals surface area (Å²) in [5.74, 6) is 1.07. The highest BCUT2D eigenvalue weighted by molar-refractivity contribution is 5.66. The second-order valence-electron chi connectivity index (χ2n) is 4.58. The molecule has 0 aromatic heterocycles. The molecule has 0 heterocycles. The number of hydrogen-bond acceptors (Lipinski definition) is 3. The number of para-hydroxylation sites is 1. The Labute approximate surface area is 109 Å². The maximum atomic E-state index is 10.8. The van der Waals surface area contributed by atoms with E-state index in [1.54, 1.807) is 0 Å². The summed E-state index contributed by atoms with van der Waals surface area (Å²) in [4.78, 5) is 10.8. The molecule has 0 saturated carbocycles. The summed E-state index contributed by atoms with van der Waals surface area (Å²) in [5, 5.41) is 0. The number of rotatable bonds is 6. The third-order valence-electron chi connectivity index (χ3n) is 2.90. The van der Waals surface area contributed by atoms with E-state index in [1.165, 1.54) is 12.5 Å². The molecule has 0 N–H and O–H groups in total. The van der Waals surface area contributed by atoms with Crippen molar-refractivity contribution < 1.29 is 14.3 Å². The minimum atomic E-state index is -0.277. The van der Waals surface area contributed by atoms with Crippen LogP contribution in [0.5, 0.6) is 5.75 Å². The molecule has 3 heteroatoms. The molecule has 2 atom stereocenters. The molecule has 0 radical (unpaired) electrons. The smallest absolute Gasteiger partial charge is 0.303 e. The third-order valence-corrected chi connectivity index (χ3v) is 2.90. The van der Waals surface area contributed by atoms with Crippen LogP contribution in [-0.4, -0.2) is 18.7 Å². The molecule has 3 nitrogen and oxygen atoms in total. The van der Waals surface area contributed by atoms with E-state index < -0.39 is 0 Å². The maximum Gasteiger partial charge on any atom is 0.303 e. The first-order chi connectivity index (χ1) is 8.54. The Morgan fingerprint density at radius 2 is 1.94 bits per heavy atom. The molecule has 1 aromatic rings. The molecule has 0 unspecified atom stereocenters. The van der Waals surface area contributed by atoms with Crippen molar-refractivity contribution in [1.29, 1.82) is 0 Å². The molecule has 0 saturated heterocycles. The summed E-state index contributed by atoms with van der Waals surface area (Å²) < 4.78 is 10.8. The van der Waals surface area contributed by atoms with Crippen molar-refractivity contribution in [1.82, 2.24) is 0 Å². The van der Waals surface area contributed by atoms with E-state index in [-0.39, 0.29) is 12.1 Å². The first kappa shape index (κ1) is 14.6. The molecule has 0 fully saturated rings. The van der Waals surface area contributed by atoms with E-state index >= 15 is 0 Å². The third kappa shape index (κ3) is 4.40. The van der Waals surface area contributed by atoms with Gasteiger partial charge in [-0.3, -0.25) is 4.79 Å². The van der Waals surface area contributed by atoms with Gasteiger partial charge in [0.25, 0.3) is 0 Å². The highest BCUT2D eigenvalue weighted by Crippen LogP contribution is 2.28. The minimum Gasteiger partial charge on any atom is -0.489 e. The van der Waals surface area contributed by atoms with Crippen LogP contribution in [0.4, 0.5) is 0 Å². The van der Waals surface area contributed by atoms with Crippen molar-refractivity contribution in [2.75, 3.05) is 6.61 Å². The van der Waals surface area contributed by atoms with E-state index in [9.17, 15) is 4.79 Å². The van der Waals surface area contributed by atoms with Gasteiger partial charge in [0.2, 0.25) is 0 Å². The fourth-order valence-corrected chi connectivity index (χ4v) is 1.76. The van der Waals surface area contributed by atoms with Crippen LogP contribution < -0.4 is 4.74 Å². The average molecular weight is 250 g/mol. The SMILES string of the molecule is CC[C@H](C)c1ccccc1OC[C@@H](C)OC(C)=O. The zero-order chi connectivity index (χ0) is 13.5. The van der Waals surface area contributed by atoms with Crippen LogP contribution in [0.3, 0.4) is 0 Å². The Bertz CT molecular complexity index is 387. The van der Waals surface area contributed by atoms with Gasteiger partial charge in [-0.25, -0.2) is 0 Å². The fraction of sp³-hybridized carbons (Fsp3) is 0.533. The molecule has 1 aromatic carbocycles. The molecule has 100 valence electrons. The largest absolute Gasteiger partial charge is 0.489 e. The summed E-state index contributed by atoms with van der Waals surface area (Å²) in [6.07, 6.45) is 0.840. The number of ether oxygens (including phenoxy) is 2. The molecule has 0 aliphatic carbocycles. The van der Waals surface area contributed by atoms with Gasteiger partial charge in [-0.15, -0.1) is 0 Å². The van der Waals surface area contributed by atoms with Gasteiger partial charge in [-0.1, -0.05) is 32.0 Å². The van der Waals surface area contributed by atoms with Crippen LogP contribution in [0.2, 0.25) is 0 Å². The van der Waals surface area contributed by atoms with Crippen molar-refractivity contribution >= 4 is 5.97 Å². The maximum absolute atomic E-state index is 10.8. The lowest BCUT2D eigenvalue weighted by molar-refractivity contribution is -0.146. The van der Waals surface area contributed by atoms with Gasteiger partial charge in [0, 0.05) is 6.92 Å². The lowest BCUT2D eigenvalue weighted by Crippen LogP contribution is -2.20. The van der Waals surface area contributed by atoms with Gasteiger partial charge in [-0.05, 0) is 30.9 Å². The molecule has 0 aliphatic rings. The summed E-state index contributed by atoms with van der Waals surface area (Å²) in [5.41, 5.74) is 1.20. The zero-order valence-electron chi connectivity index (χ0n) is 11.6. The van der Waals surface area contributed by atoms with E-state index in [4.69, 9.17) is 9.47 Å². The summed E-state index contributed by atoms with van der Waals surface area (Å²) >= 11 is 0. The van der Waals surface area contributed by atoms with Crippen LogP contribution in [0, 0.1) is 0 Å². The first-order valence-corrected chi connectivity index (χ1v) is 6.43. The second-order valence-corrected chi connectivity index (χ2v) is 4.58. The van der Waals surface area contributed by atoms with Gasteiger partial charge >= 0.3 is 5.97 Å². The van der Waals surface area contributed by atoms with Gasteiger partial charge in [0.1, 0.15) is 18.5 Å². The zero-order valence-corrected chi connectivity index (χ0v) is 11.6. The van der Waals surface area contributed by atoms with Gasteiger partial charge in [0.15, 0.2) is 0 Å². The van der Waals surface area contributed by atoms with Gasteiger partial charge in [-0.2, -0.15) is 0 Å². The predicted molar refractivity (Wildman–Crippen MR) is 71.9 cm³/mol. The minimum absolute atomic E-state index is 0.229. The Hall–Kier alpha value is -1.51. The Morgan fingerprint density at radius 1 is 1.28 bits per heavy atom. The van der Waals surface area contributed by atoms with Crippen molar-refractivity contribution in [3.63, 3.8) is 0 Å². The van der Waals surface area contributed by atoms with Crippen LogP contribution in [0.15, 0.2) is 24.3 Å². The summed E-state index contributed by atoms with van der Waals surface area (Å²) in [7, 11) is 0. The Balaban J connectivity index is 2.64. The van der Waals surface area contributed by atoms with Crippen LogP contribution in [-0.2, 0) is 9.53 Å². The number of hydrogen-bond donors (Lipinski definition) is 0.